The summed E-state index contributed by atoms with van der Waals surface area (Å²) in [5, 5.41) is 1.25. The molecule has 0 aliphatic rings. The molecule has 0 N–H and O–H groups in total. The zero-order valence-corrected chi connectivity index (χ0v) is 15.8. The lowest BCUT2D eigenvalue weighted by atomic mass is 10.1. The number of fused-ring (bicyclic) bond motifs is 1. The van der Waals surface area contributed by atoms with Crippen LogP contribution in [0.1, 0.15) is 15.9 Å². The summed E-state index contributed by atoms with van der Waals surface area (Å²) in [5.74, 6) is 0.720. The quantitative estimate of drug-likeness (QED) is 0.418. The molecule has 2 aromatic heterocycles. The van der Waals surface area contributed by atoms with E-state index in [2.05, 4.69) is 4.98 Å². The largest absolute Gasteiger partial charge is 0.496 e. The number of carbonyl (C=O) groups is 1. The lowest BCUT2D eigenvalue weighted by molar-refractivity contribution is 0.0472. The van der Waals surface area contributed by atoms with Crippen LogP contribution in [0, 0.1) is 0 Å². The number of methoxy groups -OCH3 is 1. The van der Waals surface area contributed by atoms with Crippen LogP contribution in [0.2, 0.25) is 5.02 Å². The second-order valence-corrected chi connectivity index (χ2v) is 6.52. The van der Waals surface area contributed by atoms with Gasteiger partial charge in [-0.25, -0.2) is 9.78 Å². The number of nitrogens with zero attached hydrogens (tertiary/aromatic N) is 1. The summed E-state index contributed by atoms with van der Waals surface area (Å²) in [4.78, 5) is 17.5. The van der Waals surface area contributed by atoms with Gasteiger partial charge in [0.25, 0.3) is 0 Å². The molecule has 0 amide bonds. The lowest BCUT2D eigenvalue weighted by Crippen LogP contribution is -2.08. The minimum atomic E-state index is -0.464. The van der Waals surface area contributed by atoms with Crippen molar-refractivity contribution in [2.75, 3.05) is 7.11 Å². The number of aromatic nitrogens is 1. The molecular weight excluding hydrogens is 378 g/mol. The average Bonchev–Trinajstić information content (AvgIpc) is 3.26. The van der Waals surface area contributed by atoms with Crippen LogP contribution >= 0.6 is 11.6 Å². The number of rotatable bonds is 5. The molecule has 4 rings (SSSR count). The van der Waals surface area contributed by atoms with Crippen molar-refractivity contribution in [1.29, 1.82) is 0 Å². The highest BCUT2D eigenvalue weighted by atomic mass is 35.5. The molecule has 2 aromatic carbocycles. The van der Waals surface area contributed by atoms with Gasteiger partial charge in [0.1, 0.15) is 18.1 Å². The molecule has 0 fully saturated rings. The Morgan fingerprint density at radius 3 is 2.75 bits per heavy atom. The number of furan rings is 1. The predicted octanol–water partition coefficient (Wildman–Crippen LogP) is 5.51. The molecule has 140 valence electrons. The van der Waals surface area contributed by atoms with E-state index < -0.39 is 5.97 Å². The van der Waals surface area contributed by atoms with Crippen molar-refractivity contribution in [3.63, 3.8) is 0 Å². The smallest absolute Gasteiger partial charge is 0.339 e. The van der Waals surface area contributed by atoms with Gasteiger partial charge in [0.15, 0.2) is 5.76 Å². The Morgan fingerprint density at radius 2 is 1.96 bits per heavy atom. The van der Waals surface area contributed by atoms with Gasteiger partial charge in [-0.05, 0) is 42.5 Å². The van der Waals surface area contributed by atoms with Crippen molar-refractivity contribution in [3.8, 4) is 17.2 Å². The molecule has 4 aromatic rings. The highest BCUT2D eigenvalue weighted by Gasteiger charge is 2.17. The molecule has 0 bridgehead atoms. The van der Waals surface area contributed by atoms with Gasteiger partial charge in [-0.1, -0.05) is 29.8 Å². The van der Waals surface area contributed by atoms with Gasteiger partial charge in [0.05, 0.1) is 24.5 Å². The fourth-order valence-electron chi connectivity index (χ4n) is 2.98. The van der Waals surface area contributed by atoms with Crippen LogP contribution in [0.25, 0.3) is 22.4 Å². The van der Waals surface area contributed by atoms with Crippen LogP contribution < -0.4 is 4.74 Å². The molecule has 0 saturated carbocycles. The standard InChI is InChI=1S/C22H16ClNO4/c1-26-20-9-8-15(23)11-14(20)13-28-22(25)17-12-19(21-7-4-10-27-21)24-18-6-3-2-5-16(17)18/h2-12H,13H2,1H3. The fraction of sp³-hybridized carbons (Fsp3) is 0.0909. The topological polar surface area (TPSA) is 61.6 Å². The molecule has 0 radical (unpaired) electrons. The maximum Gasteiger partial charge on any atom is 0.339 e. The van der Waals surface area contributed by atoms with Gasteiger partial charge >= 0.3 is 5.97 Å². The Kier molecular flexibility index (Phi) is 5.00. The van der Waals surface area contributed by atoms with Crippen molar-refractivity contribution in [3.05, 3.63) is 83.1 Å². The predicted molar refractivity (Wildman–Crippen MR) is 107 cm³/mol. The monoisotopic (exact) mass is 393 g/mol. The molecule has 5 nitrogen and oxygen atoms in total. The Hall–Kier alpha value is -3.31. The second-order valence-electron chi connectivity index (χ2n) is 6.08. The van der Waals surface area contributed by atoms with E-state index in [9.17, 15) is 4.79 Å². The molecule has 6 heteroatoms. The summed E-state index contributed by atoms with van der Waals surface area (Å²) < 4.78 is 16.3. The zero-order chi connectivity index (χ0) is 19.5. The summed E-state index contributed by atoms with van der Waals surface area (Å²) in [6.45, 7) is 0.0370. The van der Waals surface area contributed by atoms with Crippen LogP contribution in [0.3, 0.4) is 0 Å². The summed E-state index contributed by atoms with van der Waals surface area (Å²) >= 11 is 6.05. The van der Waals surface area contributed by atoms with Crippen LogP contribution in [0.15, 0.2) is 71.3 Å². The number of benzene rings is 2. The molecule has 0 aliphatic heterocycles. The van der Waals surface area contributed by atoms with Crippen molar-refractivity contribution in [1.82, 2.24) is 4.98 Å². The molecule has 0 spiro atoms. The van der Waals surface area contributed by atoms with Crippen LogP contribution in [0.4, 0.5) is 0 Å². The fourth-order valence-corrected chi connectivity index (χ4v) is 3.17. The normalized spacial score (nSPS) is 10.8. The van der Waals surface area contributed by atoms with Gasteiger partial charge < -0.3 is 13.9 Å². The van der Waals surface area contributed by atoms with Crippen LogP contribution in [-0.2, 0) is 11.3 Å². The summed E-state index contributed by atoms with van der Waals surface area (Å²) in [7, 11) is 1.56. The third-order valence-corrected chi connectivity index (χ3v) is 4.55. The third kappa shape index (κ3) is 3.57. The van der Waals surface area contributed by atoms with Gasteiger partial charge in [0, 0.05) is 16.0 Å². The van der Waals surface area contributed by atoms with E-state index in [1.54, 1.807) is 49.8 Å². The second kappa shape index (κ2) is 7.74. The van der Waals surface area contributed by atoms with Gasteiger partial charge in [-0.2, -0.15) is 0 Å². The average molecular weight is 394 g/mol. The van der Waals surface area contributed by atoms with Crippen molar-refractivity contribution in [2.45, 2.75) is 6.61 Å². The van der Waals surface area contributed by atoms with Crippen molar-refractivity contribution in [2.24, 2.45) is 0 Å². The minimum absolute atomic E-state index is 0.0370. The van der Waals surface area contributed by atoms with Gasteiger partial charge in [-0.15, -0.1) is 0 Å². The summed E-state index contributed by atoms with van der Waals surface area (Å²) in [5.41, 5.74) is 2.35. The zero-order valence-electron chi connectivity index (χ0n) is 15.0. The number of pyridine rings is 1. The Bertz CT molecular complexity index is 1140. The first-order valence-electron chi connectivity index (χ1n) is 8.59. The maximum atomic E-state index is 12.9. The van der Waals surface area contributed by atoms with E-state index in [0.717, 1.165) is 0 Å². The number of halogens is 1. The first kappa shape index (κ1) is 18.1. The van der Waals surface area contributed by atoms with Gasteiger partial charge in [-0.3, -0.25) is 0 Å². The van der Waals surface area contributed by atoms with Crippen LogP contribution in [0.5, 0.6) is 5.75 Å². The van der Waals surface area contributed by atoms with E-state index in [1.165, 1.54) is 0 Å². The summed E-state index contributed by atoms with van der Waals surface area (Å²) in [6.07, 6.45) is 1.57. The van der Waals surface area contributed by atoms with E-state index in [-0.39, 0.29) is 6.61 Å². The van der Waals surface area contributed by atoms with Crippen LogP contribution in [-0.4, -0.2) is 18.1 Å². The van der Waals surface area contributed by atoms with E-state index in [0.29, 0.717) is 44.3 Å². The SMILES string of the molecule is COc1ccc(Cl)cc1COC(=O)c1cc(-c2ccco2)nc2ccccc12. The molecule has 0 unspecified atom stereocenters. The molecular formula is C22H16ClNO4. The number of hydrogen-bond donors (Lipinski definition) is 0. The molecule has 28 heavy (non-hydrogen) atoms. The molecule has 0 saturated heterocycles. The lowest BCUT2D eigenvalue weighted by Gasteiger charge is -2.11. The number of carbonyl (C=O) groups excluding carboxylic acids is 1. The number of hydrogen-bond acceptors (Lipinski definition) is 5. The highest BCUT2D eigenvalue weighted by Crippen LogP contribution is 2.27. The first-order chi connectivity index (χ1) is 13.7. The van der Waals surface area contributed by atoms with Gasteiger partial charge in [0.2, 0.25) is 0 Å². The van der Waals surface area contributed by atoms with E-state index in [4.69, 9.17) is 25.5 Å². The molecule has 0 atom stereocenters. The Morgan fingerprint density at radius 1 is 1.11 bits per heavy atom. The molecule has 2 heterocycles. The number of para-hydroxylation sites is 1. The maximum absolute atomic E-state index is 12.9. The third-order valence-electron chi connectivity index (χ3n) is 4.31. The number of ether oxygens (including phenoxy) is 2. The highest BCUT2D eigenvalue weighted by molar-refractivity contribution is 6.30. The van der Waals surface area contributed by atoms with Crippen molar-refractivity contribution >= 4 is 28.5 Å². The first-order valence-corrected chi connectivity index (χ1v) is 8.96. The van der Waals surface area contributed by atoms with Crippen molar-refractivity contribution < 1.29 is 18.7 Å². The Labute approximate surface area is 166 Å². The molecule has 0 aliphatic carbocycles. The summed E-state index contributed by atoms with van der Waals surface area (Å²) in [6, 6.07) is 17.8. The van der Waals surface area contributed by atoms with E-state index in [1.807, 2.05) is 24.3 Å². The number of esters is 1. The minimum Gasteiger partial charge on any atom is -0.496 e. The van der Waals surface area contributed by atoms with E-state index >= 15 is 0 Å². The Balaban J connectivity index is 1.68.